The number of hydrogen-bond acceptors (Lipinski definition) is 4. The van der Waals surface area contributed by atoms with Gasteiger partial charge in [0.2, 0.25) is 0 Å². The van der Waals surface area contributed by atoms with Crippen molar-refractivity contribution in [3.05, 3.63) is 58.0 Å². The first-order valence-electron chi connectivity index (χ1n) is 8.09. The van der Waals surface area contributed by atoms with Gasteiger partial charge in [-0.05, 0) is 30.7 Å². The lowest BCUT2D eigenvalue weighted by Gasteiger charge is -2.23. The minimum absolute atomic E-state index is 0.140. The van der Waals surface area contributed by atoms with Crippen molar-refractivity contribution < 1.29 is 14.0 Å². The Labute approximate surface area is 156 Å². The van der Waals surface area contributed by atoms with E-state index >= 15 is 0 Å². The van der Waals surface area contributed by atoms with Crippen molar-refractivity contribution in [2.24, 2.45) is 5.16 Å². The smallest absolute Gasteiger partial charge is 0.289 e. The lowest BCUT2D eigenvalue weighted by atomic mass is 10.0. The van der Waals surface area contributed by atoms with E-state index in [1.807, 2.05) is 13.0 Å². The van der Waals surface area contributed by atoms with Crippen molar-refractivity contribution in [2.45, 2.75) is 25.9 Å². The van der Waals surface area contributed by atoms with Crippen molar-refractivity contribution in [1.29, 1.82) is 0 Å². The first-order chi connectivity index (χ1) is 12.1. The summed E-state index contributed by atoms with van der Waals surface area (Å²) in [5, 5.41) is 5.12. The summed E-state index contributed by atoms with van der Waals surface area (Å²) < 4.78 is 5.21. The van der Waals surface area contributed by atoms with Gasteiger partial charge in [0.15, 0.2) is 11.9 Å². The molecule has 5 nitrogen and oxygen atoms in total. The highest BCUT2D eigenvalue weighted by Gasteiger charge is 2.28. The van der Waals surface area contributed by atoms with E-state index < -0.39 is 0 Å². The molecule has 0 spiro atoms. The third-order valence-corrected chi connectivity index (χ3v) is 4.66. The lowest BCUT2D eigenvalue weighted by Crippen LogP contribution is -2.38. The Kier molecular flexibility index (Phi) is 5.66. The number of benzene rings is 1. The topological polar surface area (TPSA) is 55.0 Å². The summed E-state index contributed by atoms with van der Waals surface area (Å²) in [6.45, 7) is 3.10. The van der Waals surface area contributed by atoms with Crippen LogP contribution in [0.5, 0.6) is 0 Å². The summed E-state index contributed by atoms with van der Waals surface area (Å²) in [6.07, 6.45) is 2.74. The maximum Gasteiger partial charge on any atom is 0.289 e. The fourth-order valence-corrected chi connectivity index (χ4v) is 3.02. The quantitative estimate of drug-likeness (QED) is 0.733. The van der Waals surface area contributed by atoms with Crippen LogP contribution >= 0.6 is 23.2 Å². The van der Waals surface area contributed by atoms with Crippen molar-refractivity contribution in [3.8, 4) is 0 Å². The van der Waals surface area contributed by atoms with Crippen LogP contribution in [0.15, 0.2) is 46.2 Å². The first kappa shape index (κ1) is 17.8. The molecule has 1 aromatic carbocycles. The van der Waals surface area contributed by atoms with Crippen LogP contribution in [0.3, 0.4) is 0 Å². The highest BCUT2D eigenvalue weighted by atomic mass is 35.5. The number of hydrogen-bond donors (Lipinski definition) is 0. The molecule has 0 fully saturated rings. The molecule has 1 atom stereocenters. The molecular formula is C18H18Cl2N2O3. The molecule has 132 valence electrons. The lowest BCUT2D eigenvalue weighted by molar-refractivity contribution is 0.0405. The minimum Gasteiger partial charge on any atom is -0.459 e. The molecule has 0 radical (unpaired) electrons. The number of furan rings is 1. The SMILES string of the molecule is CCCN(C[C@H]1CC(c2ccc(Cl)c(Cl)c2)=NO1)C(=O)c1ccco1. The summed E-state index contributed by atoms with van der Waals surface area (Å²) in [5.74, 6) is 0.190. The zero-order valence-electron chi connectivity index (χ0n) is 13.7. The normalized spacial score (nSPS) is 16.4. The van der Waals surface area contributed by atoms with E-state index in [1.54, 1.807) is 29.2 Å². The van der Waals surface area contributed by atoms with Crippen LogP contribution in [0.2, 0.25) is 10.0 Å². The van der Waals surface area contributed by atoms with Crippen LogP contribution in [0, 0.1) is 0 Å². The summed E-state index contributed by atoms with van der Waals surface area (Å²) in [7, 11) is 0. The molecular weight excluding hydrogens is 363 g/mol. The molecule has 3 rings (SSSR count). The van der Waals surface area contributed by atoms with Crippen LogP contribution in [0.4, 0.5) is 0 Å². The zero-order chi connectivity index (χ0) is 17.8. The first-order valence-corrected chi connectivity index (χ1v) is 8.85. The average molecular weight is 381 g/mol. The second-order valence-electron chi connectivity index (χ2n) is 5.83. The van der Waals surface area contributed by atoms with Crippen molar-refractivity contribution in [3.63, 3.8) is 0 Å². The minimum atomic E-state index is -0.199. The van der Waals surface area contributed by atoms with Gasteiger partial charge in [0.05, 0.1) is 28.6 Å². The second-order valence-corrected chi connectivity index (χ2v) is 6.64. The Morgan fingerprint density at radius 2 is 2.16 bits per heavy atom. The highest BCUT2D eigenvalue weighted by Crippen LogP contribution is 2.26. The van der Waals surface area contributed by atoms with E-state index in [0.29, 0.717) is 35.3 Å². The molecule has 0 bridgehead atoms. The van der Waals surface area contributed by atoms with Crippen molar-refractivity contribution in [1.82, 2.24) is 4.90 Å². The van der Waals surface area contributed by atoms with Gasteiger partial charge >= 0.3 is 0 Å². The maximum absolute atomic E-state index is 12.5. The summed E-state index contributed by atoms with van der Waals surface area (Å²) in [4.78, 5) is 19.8. The molecule has 7 heteroatoms. The van der Waals surface area contributed by atoms with Gasteiger partial charge in [-0.25, -0.2) is 0 Å². The third-order valence-electron chi connectivity index (χ3n) is 3.92. The average Bonchev–Trinajstić information content (AvgIpc) is 3.28. The number of amides is 1. The Bertz CT molecular complexity index is 775. The number of oxime groups is 1. The molecule has 2 aromatic rings. The molecule has 2 heterocycles. The molecule has 0 N–H and O–H groups in total. The van der Waals surface area contributed by atoms with E-state index in [-0.39, 0.29) is 12.0 Å². The standard InChI is InChI=1S/C18H18Cl2N2O3/c1-2-7-22(18(23)17-4-3-8-24-17)11-13-10-16(21-25-13)12-5-6-14(19)15(20)9-12/h3-6,8-9,13H,2,7,10-11H2,1H3/t13-/m1/s1. The molecule has 1 aliphatic heterocycles. The van der Waals surface area contributed by atoms with E-state index in [0.717, 1.165) is 17.7 Å². The third kappa shape index (κ3) is 4.17. The van der Waals surface area contributed by atoms with Gasteiger partial charge in [-0.2, -0.15) is 0 Å². The number of halogens is 2. The fourth-order valence-electron chi connectivity index (χ4n) is 2.72. The largest absolute Gasteiger partial charge is 0.459 e. The van der Waals surface area contributed by atoms with E-state index in [2.05, 4.69) is 5.16 Å². The maximum atomic E-state index is 12.5. The van der Waals surface area contributed by atoms with E-state index in [9.17, 15) is 4.79 Å². The number of nitrogens with zero attached hydrogens (tertiary/aromatic N) is 2. The highest BCUT2D eigenvalue weighted by molar-refractivity contribution is 6.42. The Balaban J connectivity index is 1.65. The van der Waals surface area contributed by atoms with Gasteiger partial charge in [-0.3, -0.25) is 4.79 Å². The predicted octanol–water partition coefficient (Wildman–Crippen LogP) is 4.63. The van der Waals surface area contributed by atoms with E-state index in [1.165, 1.54) is 6.26 Å². The monoisotopic (exact) mass is 380 g/mol. The van der Waals surface area contributed by atoms with Crippen LogP contribution in [0.1, 0.15) is 35.9 Å². The molecule has 0 unspecified atom stereocenters. The summed E-state index contributed by atoms with van der Waals surface area (Å²) >= 11 is 12.0. The van der Waals surface area contributed by atoms with Crippen LogP contribution < -0.4 is 0 Å². The predicted molar refractivity (Wildman–Crippen MR) is 97.4 cm³/mol. The van der Waals surface area contributed by atoms with Crippen LogP contribution in [0.25, 0.3) is 0 Å². The van der Waals surface area contributed by atoms with Gasteiger partial charge in [0.25, 0.3) is 5.91 Å². The van der Waals surface area contributed by atoms with Crippen molar-refractivity contribution in [2.75, 3.05) is 13.1 Å². The molecule has 1 aliphatic rings. The number of rotatable bonds is 6. The summed E-state index contributed by atoms with van der Waals surface area (Å²) in [6, 6.07) is 8.73. The van der Waals surface area contributed by atoms with Gasteiger partial charge in [0, 0.05) is 18.5 Å². The van der Waals surface area contributed by atoms with Gasteiger partial charge in [-0.1, -0.05) is 41.3 Å². The Morgan fingerprint density at radius 3 is 2.84 bits per heavy atom. The van der Waals surface area contributed by atoms with Crippen molar-refractivity contribution >= 4 is 34.8 Å². The van der Waals surface area contributed by atoms with Gasteiger partial charge < -0.3 is 14.2 Å². The molecule has 1 aromatic heterocycles. The number of carbonyl (C=O) groups is 1. The summed E-state index contributed by atoms with van der Waals surface area (Å²) in [5.41, 5.74) is 1.67. The molecule has 0 saturated carbocycles. The molecule has 0 saturated heterocycles. The Morgan fingerprint density at radius 1 is 1.32 bits per heavy atom. The van der Waals surface area contributed by atoms with Gasteiger partial charge in [-0.15, -0.1) is 0 Å². The second kappa shape index (κ2) is 7.93. The fraction of sp³-hybridized carbons (Fsp3) is 0.333. The van der Waals surface area contributed by atoms with Gasteiger partial charge in [0.1, 0.15) is 0 Å². The molecule has 0 aliphatic carbocycles. The van der Waals surface area contributed by atoms with E-state index in [4.69, 9.17) is 32.5 Å². The Hall–Kier alpha value is -1.98. The number of carbonyl (C=O) groups excluding carboxylic acids is 1. The van der Waals surface area contributed by atoms with Crippen LogP contribution in [-0.4, -0.2) is 35.7 Å². The van der Waals surface area contributed by atoms with Crippen LogP contribution in [-0.2, 0) is 4.84 Å². The molecule has 1 amide bonds. The molecule has 25 heavy (non-hydrogen) atoms. The zero-order valence-corrected chi connectivity index (χ0v) is 15.3.